The van der Waals surface area contributed by atoms with Crippen molar-refractivity contribution in [2.24, 2.45) is 10.9 Å². The first-order chi connectivity index (χ1) is 19.3. The molecule has 0 radical (unpaired) electrons. The van der Waals surface area contributed by atoms with E-state index in [1.807, 2.05) is 79.7 Å². The smallest absolute Gasteiger partial charge is 0.317 e. The molecule has 0 aliphatic carbocycles. The third-order valence-corrected chi connectivity index (χ3v) is 8.40. The number of ether oxygens (including phenoxy) is 4. The zero-order valence-corrected chi connectivity index (χ0v) is 23.4. The molecule has 2 bridgehead atoms. The van der Waals surface area contributed by atoms with Gasteiger partial charge in [-0.05, 0) is 55.3 Å². The quantitative estimate of drug-likeness (QED) is 0.336. The molecule has 3 heterocycles. The van der Waals surface area contributed by atoms with Crippen molar-refractivity contribution >= 4 is 23.4 Å². The van der Waals surface area contributed by atoms with Crippen molar-refractivity contribution < 1.29 is 23.7 Å². The molecule has 0 saturated carbocycles. The van der Waals surface area contributed by atoms with Crippen LogP contribution in [0.1, 0.15) is 35.2 Å². The van der Waals surface area contributed by atoms with Gasteiger partial charge in [0.15, 0.2) is 4.80 Å². The summed E-state index contributed by atoms with van der Waals surface area (Å²) < 4.78 is 25.1. The van der Waals surface area contributed by atoms with E-state index >= 15 is 0 Å². The van der Waals surface area contributed by atoms with Crippen molar-refractivity contribution in [2.75, 3.05) is 14.2 Å². The summed E-state index contributed by atoms with van der Waals surface area (Å²) in [7, 11) is 2.95. The number of carbonyl (C=O) groups excluding carboxylic acids is 1. The second-order valence-electron chi connectivity index (χ2n) is 9.95. The fourth-order valence-corrected chi connectivity index (χ4v) is 6.56. The highest BCUT2D eigenvalue weighted by atomic mass is 32.1. The summed E-state index contributed by atoms with van der Waals surface area (Å²) in [4.78, 5) is 32.2. The Morgan fingerprint density at radius 3 is 2.65 bits per heavy atom. The molecule has 40 heavy (non-hydrogen) atoms. The number of carbonyl (C=O) groups is 1. The Kier molecular flexibility index (Phi) is 6.46. The molecule has 9 heteroatoms. The van der Waals surface area contributed by atoms with Gasteiger partial charge in [-0.25, -0.2) is 4.99 Å². The van der Waals surface area contributed by atoms with Gasteiger partial charge in [-0.15, -0.1) is 0 Å². The number of esters is 1. The first-order valence-electron chi connectivity index (χ1n) is 12.9. The zero-order valence-electron chi connectivity index (χ0n) is 22.5. The summed E-state index contributed by atoms with van der Waals surface area (Å²) in [6.07, 6.45) is 1.83. The Morgan fingerprint density at radius 2 is 1.88 bits per heavy atom. The second kappa shape index (κ2) is 9.98. The highest BCUT2D eigenvalue weighted by Gasteiger charge is 2.55. The first-order valence-corrected chi connectivity index (χ1v) is 13.7. The fraction of sp³-hybridized carbons (Fsp3) is 0.258. The minimum Gasteiger partial charge on any atom is -0.496 e. The van der Waals surface area contributed by atoms with E-state index in [0.717, 1.165) is 28.0 Å². The Hall–Kier alpha value is -4.37. The van der Waals surface area contributed by atoms with Gasteiger partial charge in [0, 0.05) is 11.1 Å². The number of methoxy groups -OCH3 is 2. The molecule has 1 aromatic heterocycles. The van der Waals surface area contributed by atoms with E-state index in [0.29, 0.717) is 27.4 Å². The van der Waals surface area contributed by atoms with Gasteiger partial charge in [-0.3, -0.25) is 14.2 Å². The first kappa shape index (κ1) is 25.9. The Morgan fingerprint density at radius 1 is 1.10 bits per heavy atom. The van der Waals surface area contributed by atoms with E-state index in [2.05, 4.69) is 0 Å². The summed E-state index contributed by atoms with van der Waals surface area (Å²) in [5, 5.41) is 0. The van der Waals surface area contributed by atoms with Crippen LogP contribution in [0.2, 0.25) is 0 Å². The van der Waals surface area contributed by atoms with E-state index in [1.54, 1.807) is 18.6 Å². The largest absolute Gasteiger partial charge is 0.496 e. The van der Waals surface area contributed by atoms with Crippen LogP contribution in [-0.4, -0.2) is 30.5 Å². The molecule has 3 aromatic carbocycles. The molecule has 0 saturated heterocycles. The maximum absolute atomic E-state index is 13.9. The average Bonchev–Trinajstić information content (AvgIpc) is 3.24. The van der Waals surface area contributed by atoms with Gasteiger partial charge >= 0.3 is 5.97 Å². The predicted octanol–water partition coefficient (Wildman–Crippen LogP) is 3.76. The second-order valence-corrected chi connectivity index (χ2v) is 11.0. The van der Waals surface area contributed by atoms with E-state index in [4.69, 9.17) is 23.9 Å². The van der Waals surface area contributed by atoms with Crippen LogP contribution in [-0.2, 0) is 16.1 Å². The summed E-state index contributed by atoms with van der Waals surface area (Å²) in [5.41, 5.74) is 2.02. The Bertz CT molecular complexity index is 1810. The van der Waals surface area contributed by atoms with Gasteiger partial charge in [-0.1, -0.05) is 53.8 Å². The SMILES string of the molecule is COC(=O)[C@H]1[C@H]2c3ccccc3O[C@@]1(C)N=c1s/c(=C/c3ccc(OC)c(COc4ccccc4C)c3)c(=O)n12. The lowest BCUT2D eigenvalue weighted by molar-refractivity contribution is -0.158. The molecule has 8 nitrogen and oxygen atoms in total. The Labute approximate surface area is 234 Å². The molecular weight excluding hydrogens is 528 g/mol. The van der Waals surface area contributed by atoms with Crippen LogP contribution in [0, 0.1) is 12.8 Å². The molecule has 0 amide bonds. The van der Waals surface area contributed by atoms with E-state index in [9.17, 15) is 9.59 Å². The van der Waals surface area contributed by atoms with Crippen LogP contribution in [0.15, 0.2) is 76.5 Å². The monoisotopic (exact) mass is 556 g/mol. The van der Waals surface area contributed by atoms with Crippen molar-refractivity contribution in [3.63, 3.8) is 0 Å². The lowest BCUT2D eigenvalue weighted by Crippen LogP contribution is -2.58. The summed E-state index contributed by atoms with van der Waals surface area (Å²) in [6.45, 7) is 4.07. The van der Waals surface area contributed by atoms with E-state index in [1.165, 1.54) is 18.4 Å². The number of rotatable bonds is 6. The number of aryl methyl sites for hydroxylation is 1. The topological polar surface area (TPSA) is 88.4 Å². The molecule has 2 aliphatic rings. The maximum atomic E-state index is 13.9. The zero-order chi connectivity index (χ0) is 28.0. The fourth-order valence-electron chi connectivity index (χ4n) is 5.46. The molecule has 204 valence electrons. The number of hydrogen-bond acceptors (Lipinski definition) is 8. The summed E-state index contributed by atoms with van der Waals surface area (Å²) >= 11 is 1.27. The minimum absolute atomic E-state index is 0.227. The molecule has 4 aromatic rings. The molecule has 0 spiro atoms. The standard InChI is InChI=1S/C31H28N2O6S/c1-18-9-5-7-11-22(18)38-17-20-15-19(13-14-23(20)36-3)16-25-28(34)33-27-21-10-6-8-12-24(21)39-31(2,32-30(33)40-25)26(27)29(35)37-4/h5-16,26-27H,17H2,1-4H3/b25-16+/t26-,27-,31-/m1/s1. The highest BCUT2D eigenvalue weighted by molar-refractivity contribution is 7.07. The van der Waals surface area contributed by atoms with Gasteiger partial charge in [0.1, 0.15) is 29.8 Å². The van der Waals surface area contributed by atoms with Crippen LogP contribution in [0.4, 0.5) is 0 Å². The van der Waals surface area contributed by atoms with E-state index < -0.39 is 23.7 Å². The van der Waals surface area contributed by atoms with Crippen molar-refractivity contribution in [3.8, 4) is 17.2 Å². The number of benzene rings is 3. The highest BCUT2D eigenvalue weighted by Crippen LogP contribution is 2.47. The number of aromatic nitrogens is 1. The van der Waals surface area contributed by atoms with Crippen molar-refractivity contribution in [2.45, 2.75) is 32.2 Å². The number of fused-ring (bicyclic) bond motifs is 6. The minimum atomic E-state index is -1.21. The van der Waals surface area contributed by atoms with Crippen LogP contribution >= 0.6 is 11.3 Å². The molecule has 0 fully saturated rings. The molecule has 0 unspecified atom stereocenters. The van der Waals surface area contributed by atoms with Crippen molar-refractivity contribution in [1.29, 1.82) is 0 Å². The molecule has 2 aliphatic heterocycles. The van der Waals surface area contributed by atoms with Crippen LogP contribution in [0.3, 0.4) is 0 Å². The van der Waals surface area contributed by atoms with Crippen LogP contribution in [0.25, 0.3) is 6.08 Å². The summed E-state index contributed by atoms with van der Waals surface area (Å²) in [6, 6.07) is 20.4. The van der Waals surface area contributed by atoms with Crippen molar-refractivity contribution in [1.82, 2.24) is 4.57 Å². The van der Waals surface area contributed by atoms with Gasteiger partial charge < -0.3 is 18.9 Å². The van der Waals surface area contributed by atoms with Crippen molar-refractivity contribution in [3.05, 3.63) is 109 Å². The van der Waals surface area contributed by atoms with Gasteiger partial charge in [0.2, 0.25) is 5.72 Å². The van der Waals surface area contributed by atoms with Crippen LogP contribution in [0.5, 0.6) is 17.2 Å². The third kappa shape index (κ3) is 4.26. The predicted molar refractivity (Wildman–Crippen MR) is 151 cm³/mol. The number of thiazole rings is 1. The Balaban J connectivity index is 1.44. The lowest BCUT2D eigenvalue weighted by atomic mass is 9.81. The summed E-state index contributed by atoms with van der Waals surface area (Å²) in [5.74, 6) is 0.799. The van der Waals surface area contributed by atoms with Gasteiger partial charge in [0.25, 0.3) is 5.56 Å². The third-order valence-electron chi connectivity index (χ3n) is 7.41. The lowest BCUT2D eigenvalue weighted by Gasteiger charge is -2.44. The molecular formula is C31H28N2O6S. The van der Waals surface area contributed by atoms with Crippen LogP contribution < -0.4 is 29.1 Å². The average molecular weight is 557 g/mol. The maximum Gasteiger partial charge on any atom is 0.317 e. The molecule has 3 atom stereocenters. The number of nitrogens with zero attached hydrogens (tertiary/aromatic N) is 2. The van der Waals surface area contributed by atoms with E-state index in [-0.39, 0.29) is 5.56 Å². The normalized spacial score (nSPS) is 20.9. The number of para-hydroxylation sites is 2. The molecule has 0 N–H and O–H groups in total. The van der Waals surface area contributed by atoms with Gasteiger partial charge in [0.05, 0.1) is 24.8 Å². The van der Waals surface area contributed by atoms with Gasteiger partial charge in [-0.2, -0.15) is 0 Å². The number of hydrogen-bond donors (Lipinski definition) is 0. The molecule has 6 rings (SSSR count).